The summed E-state index contributed by atoms with van der Waals surface area (Å²) < 4.78 is 28.9. The molecule has 0 unspecified atom stereocenters. The number of hydrogen-bond acceptors (Lipinski definition) is 6. The van der Waals surface area contributed by atoms with Crippen molar-refractivity contribution in [2.24, 2.45) is 14.1 Å². The van der Waals surface area contributed by atoms with Crippen molar-refractivity contribution >= 4 is 57.0 Å². The van der Waals surface area contributed by atoms with Gasteiger partial charge >= 0.3 is 0 Å². The van der Waals surface area contributed by atoms with E-state index in [0.717, 1.165) is 44.3 Å². The highest BCUT2D eigenvalue weighted by atomic mass is 16.5. The SMILES string of the molecule is CCO/C(=C\C(C)=C/c1ccc2ccccc2[n+]1C)c1c(C)oc2c1C(=O)c1oc(C)c(/C(=C/C(C)=C\c3ccc4ccccc4[n+]3C)OCC)c1C2=O. The maximum absolute atomic E-state index is 14.4. The third-order valence-electron chi connectivity index (χ3n) is 9.83. The van der Waals surface area contributed by atoms with E-state index in [1.807, 2.05) is 78.2 Å². The van der Waals surface area contributed by atoms with Gasteiger partial charge in [-0.05, 0) is 89.1 Å². The molecule has 0 radical (unpaired) electrons. The van der Waals surface area contributed by atoms with E-state index < -0.39 is 11.6 Å². The highest BCUT2D eigenvalue weighted by Gasteiger charge is 2.43. The molecule has 8 nitrogen and oxygen atoms in total. The smallest absolute Gasteiger partial charge is 0.233 e. The summed E-state index contributed by atoms with van der Waals surface area (Å²) in [5.41, 5.74) is 7.11. The third kappa shape index (κ3) is 6.38. The van der Waals surface area contributed by atoms with E-state index in [2.05, 4.69) is 69.8 Å². The lowest BCUT2D eigenvalue weighted by atomic mass is 9.87. The van der Waals surface area contributed by atoms with Crippen molar-refractivity contribution in [1.29, 1.82) is 0 Å². The standard InChI is InChI=1S/C46H44N2O6/c1-9-51-37(25-27(3)23-33-21-19-31-15-11-13-17-35(31)47(33)7)39-29(5)53-45-41(39)43(49)46-42(44(45)50)40(30(6)54-46)38(52-10-2)26-28(4)24-34-22-20-32-16-12-14-18-36(32)48(34)8/h11-26H,9-10H2,1-8H3/q+2/b27-23-,28-24-,37-25-,38-26-. The van der Waals surface area contributed by atoms with Crippen LogP contribution in [0.25, 0.3) is 45.5 Å². The summed E-state index contributed by atoms with van der Waals surface area (Å²) in [5, 5.41) is 2.29. The zero-order chi connectivity index (χ0) is 38.3. The fourth-order valence-corrected chi connectivity index (χ4v) is 7.32. The Bertz CT molecular complexity index is 2450. The Labute approximate surface area is 314 Å². The van der Waals surface area contributed by atoms with Gasteiger partial charge in [0.05, 0.1) is 35.5 Å². The molecule has 0 aliphatic heterocycles. The Kier molecular flexibility index (Phi) is 9.77. The van der Waals surface area contributed by atoms with Gasteiger partial charge in [0.25, 0.3) is 0 Å². The number of furan rings is 2. The van der Waals surface area contributed by atoms with Gasteiger partial charge in [-0.3, -0.25) is 9.59 Å². The molecule has 1 aliphatic carbocycles. The highest BCUT2D eigenvalue weighted by Crippen LogP contribution is 2.42. The number of fused-ring (bicyclic) bond motifs is 4. The number of rotatable bonds is 10. The molecule has 0 amide bonds. The average molecular weight is 721 g/mol. The zero-order valence-corrected chi connectivity index (χ0v) is 32.0. The largest absolute Gasteiger partial charge is 0.493 e. The zero-order valence-electron chi connectivity index (χ0n) is 32.0. The van der Waals surface area contributed by atoms with Gasteiger partial charge in [0.1, 0.15) is 37.1 Å². The molecule has 7 rings (SSSR count). The van der Waals surface area contributed by atoms with Gasteiger partial charge < -0.3 is 18.3 Å². The average Bonchev–Trinajstić information content (AvgIpc) is 3.70. The number of carbonyl (C=O) groups is 2. The van der Waals surface area contributed by atoms with Crippen LogP contribution in [0.5, 0.6) is 0 Å². The summed E-state index contributed by atoms with van der Waals surface area (Å²) in [6, 6.07) is 24.7. The minimum absolute atomic E-state index is 0.0403. The number of aryl methyl sites for hydroxylation is 4. The molecule has 6 aromatic rings. The van der Waals surface area contributed by atoms with Crippen molar-refractivity contribution in [3.05, 3.63) is 153 Å². The van der Waals surface area contributed by atoms with Crippen LogP contribution < -0.4 is 9.13 Å². The van der Waals surface area contributed by atoms with Crippen molar-refractivity contribution in [2.45, 2.75) is 41.5 Å². The molecule has 272 valence electrons. The molecule has 8 heteroatoms. The van der Waals surface area contributed by atoms with Crippen LogP contribution in [-0.4, -0.2) is 24.8 Å². The minimum atomic E-state index is -0.444. The third-order valence-corrected chi connectivity index (χ3v) is 9.83. The van der Waals surface area contributed by atoms with Crippen molar-refractivity contribution in [2.75, 3.05) is 13.2 Å². The van der Waals surface area contributed by atoms with Crippen LogP contribution >= 0.6 is 0 Å². The van der Waals surface area contributed by atoms with Gasteiger partial charge in [-0.1, -0.05) is 24.3 Å². The maximum Gasteiger partial charge on any atom is 0.233 e. The molecule has 0 saturated carbocycles. The van der Waals surface area contributed by atoms with Gasteiger partial charge in [0, 0.05) is 47.2 Å². The number of allylic oxidation sites excluding steroid dienone is 4. The Balaban J connectivity index is 1.28. The van der Waals surface area contributed by atoms with E-state index in [1.54, 1.807) is 13.8 Å². The summed E-state index contributed by atoms with van der Waals surface area (Å²) in [7, 11) is 4.06. The van der Waals surface area contributed by atoms with Crippen molar-refractivity contribution in [1.82, 2.24) is 0 Å². The summed E-state index contributed by atoms with van der Waals surface area (Å²) in [5.74, 6) is 0.696. The number of hydrogen-bond donors (Lipinski definition) is 0. The predicted molar refractivity (Wildman–Crippen MR) is 211 cm³/mol. The van der Waals surface area contributed by atoms with Crippen LogP contribution in [-0.2, 0) is 23.6 Å². The first-order valence-electron chi connectivity index (χ1n) is 18.2. The van der Waals surface area contributed by atoms with Gasteiger partial charge in [-0.2, -0.15) is 9.13 Å². The predicted octanol–water partition coefficient (Wildman–Crippen LogP) is 9.18. The normalized spacial score (nSPS) is 13.9. The number of ether oxygens (including phenoxy) is 2. The van der Waals surface area contributed by atoms with E-state index in [-0.39, 0.29) is 22.6 Å². The first-order chi connectivity index (χ1) is 26.0. The first kappa shape index (κ1) is 36.1. The molecule has 0 fully saturated rings. The molecule has 0 atom stereocenters. The van der Waals surface area contributed by atoms with Crippen molar-refractivity contribution < 1.29 is 37.0 Å². The second-order valence-electron chi connectivity index (χ2n) is 13.5. The Hall–Kier alpha value is -6.28. The highest BCUT2D eigenvalue weighted by molar-refractivity contribution is 6.29. The number of pyridine rings is 2. The summed E-state index contributed by atoms with van der Waals surface area (Å²) in [6.07, 6.45) is 7.87. The van der Waals surface area contributed by atoms with Gasteiger partial charge in [0.2, 0.25) is 34.0 Å². The fraction of sp³-hybridized carbons (Fsp3) is 0.217. The lowest BCUT2D eigenvalue weighted by Crippen LogP contribution is -2.32. The summed E-state index contributed by atoms with van der Waals surface area (Å²) in [4.78, 5) is 28.8. The molecule has 0 bridgehead atoms. The van der Waals surface area contributed by atoms with Crippen LogP contribution in [0, 0.1) is 13.8 Å². The van der Waals surface area contributed by atoms with Crippen molar-refractivity contribution in [3.8, 4) is 0 Å². The van der Waals surface area contributed by atoms with Gasteiger partial charge in [-0.25, -0.2) is 0 Å². The van der Waals surface area contributed by atoms with Gasteiger partial charge in [-0.15, -0.1) is 0 Å². The topological polar surface area (TPSA) is 86.6 Å². The van der Waals surface area contributed by atoms with Crippen LogP contribution in [0.15, 0.2) is 105 Å². The molecule has 4 aromatic heterocycles. The quantitative estimate of drug-likeness (QED) is 0.0796. The second kappa shape index (κ2) is 14.6. The maximum atomic E-state index is 14.4. The van der Waals surface area contributed by atoms with Crippen LogP contribution in [0.1, 0.15) is 94.0 Å². The van der Waals surface area contributed by atoms with E-state index >= 15 is 0 Å². The molecule has 0 N–H and O–H groups in total. The van der Waals surface area contributed by atoms with Crippen LogP contribution in [0.3, 0.4) is 0 Å². The number of benzene rings is 2. The molecule has 4 heterocycles. The number of aromatic nitrogens is 2. The lowest BCUT2D eigenvalue weighted by molar-refractivity contribution is -0.646. The number of para-hydroxylation sites is 2. The molecule has 0 saturated heterocycles. The molecular weight excluding hydrogens is 677 g/mol. The molecule has 1 aliphatic rings. The molecular formula is C46H44N2O6+2. The second-order valence-corrected chi connectivity index (χ2v) is 13.5. The molecule has 54 heavy (non-hydrogen) atoms. The van der Waals surface area contributed by atoms with E-state index in [9.17, 15) is 9.59 Å². The summed E-state index contributed by atoms with van der Waals surface area (Å²) in [6.45, 7) is 11.9. The Morgan fingerprint density at radius 2 is 1.00 bits per heavy atom. The van der Waals surface area contributed by atoms with Crippen molar-refractivity contribution in [3.63, 3.8) is 0 Å². The van der Waals surface area contributed by atoms with Gasteiger partial charge in [0.15, 0.2) is 11.5 Å². The molecule has 2 aromatic carbocycles. The monoisotopic (exact) mass is 720 g/mol. The minimum Gasteiger partial charge on any atom is -0.493 e. The van der Waals surface area contributed by atoms with Crippen LogP contribution in [0.2, 0.25) is 0 Å². The number of ketones is 2. The van der Waals surface area contributed by atoms with E-state index in [0.29, 0.717) is 47.4 Å². The van der Waals surface area contributed by atoms with E-state index in [4.69, 9.17) is 18.3 Å². The Morgan fingerprint density at radius 1 is 0.611 bits per heavy atom. The fourth-order valence-electron chi connectivity index (χ4n) is 7.32. The number of nitrogens with zero attached hydrogens (tertiary/aromatic N) is 2. The number of carbonyl (C=O) groups excluding carboxylic acids is 2. The lowest BCUT2D eigenvalue weighted by Gasteiger charge is -2.14. The Morgan fingerprint density at radius 3 is 1.39 bits per heavy atom. The first-order valence-corrected chi connectivity index (χ1v) is 18.2. The van der Waals surface area contributed by atoms with E-state index in [1.165, 1.54) is 0 Å². The summed E-state index contributed by atoms with van der Waals surface area (Å²) >= 11 is 0. The van der Waals surface area contributed by atoms with Crippen LogP contribution in [0.4, 0.5) is 0 Å². The molecule has 0 spiro atoms.